The molecular formula is C70H48N4. The van der Waals surface area contributed by atoms with Crippen molar-refractivity contribution in [1.29, 1.82) is 0 Å². The Morgan fingerprint density at radius 2 is 0.649 bits per heavy atom. The number of para-hydroxylation sites is 8. The quantitative estimate of drug-likeness (QED) is 0.165. The van der Waals surface area contributed by atoms with Crippen LogP contribution in [0.25, 0.3) is 66.7 Å². The zero-order valence-electron chi connectivity index (χ0n) is 40.6. The van der Waals surface area contributed by atoms with Crippen molar-refractivity contribution in [2.45, 2.75) is 12.5 Å². The van der Waals surface area contributed by atoms with Gasteiger partial charge in [-0.3, -0.25) is 0 Å². The van der Waals surface area contributed by atoms with E-state index >= 15 is 0 Å². The summed E-state index contributed by atoms with van der Waals surface area (Å²) >= 11 is 0. The first-order valence-corrected chi connectivity index (χ1v) is 25.7. The van der Waals surface area contributed by atoms with E-state index in [1.807, 2.05) is 0 Å². The van der Waals surface area contributed by atoms with Gasteiger partial charge in [-0.2, -0.15) is 0 Å². The first-order valence-electron chi connectivity index (χ1n) is 25.7. The molecule has 15 rings (SSSR count). The normalized spacial score (nSPS) is 14.4. The number of fused-ring (bicyclic) bond motifs is 8. The van der Waals surface area contributed by atoms with E-state index in [0.717, 1.165) is 46.2 Å². The molecule has 0 radical (unpaired) electrons. The third-order valence-corrected chi connectivity index (χ3v) is 15.5. The Morgan fingerprint density at radius 3 is 1.12 bits per heavy atom. The van der Waals surface area contributed by atoms with Crippen molar-refractivity contribution in [3.8, 4) is 22.3 Å². The van der Waals surface area contributed by atoms with Gasteiger partial charge in [-0.1, -0.05) is 188 Å². The predicted octanol–water partition coefficient (Wildman–Crippen LogP) is 17.7. The largest absolute Gasteiger partial charge is 0.331 e. The second-order valence-electron chi connectivity index (χ2n) is 19.6. The van der Waals surface area contributed by atoms with Crippen LogP contribution in [0.2, 0.25) is 0 Å². The molecule has 4 heteroatoms. The molecule has 0 aromatic heterocycles. The number of rotatable bonds is 6. The summed E-state index contributed by atoms with van der Waals surface area (Å²) in [4.78, 5) is 9.94. The second kappa shape index (κ2) is 17.0. The lowest BCUT2D eigenvalue weighted by Gasteiger charge is -2.43. The van der Waals surface area contributed by atoms with Crippen LogP contribution in [0.3, 0.4) is 0 Å². The molecule has 0 fully saturated rings. The first kappa shape index (κ1) is 42.1. The van der Waals surface area contributed by atoms with Gasteiger partial charge in [0.15, 0.2) is 0 Å². The molecule has 2 heterocycles. The monoisotopic (exact) mass is 944 g/mol. The van der Waals surface area contributed by atoms with E-state index in [4.69, 9.17) is 0 Å². The van der Waals surface area contributed by atoms with E-state index in [1.165, 1.54) is 87.8 Å². The van der Waals surface area contributed by atoms with Gasteiger partial charge in [-0.05, 0) is 156 Å². The summed E-state index contributed by atoms with van der Waals surface area (Å²) in [6.45, 7) is 0. The van der Waals surface area contributed by atoms with Crippen LogP contribution in [0, 0.1) is 0 Å². The molecule has 12 aromatic carbocycles. The minimum Gasteiger partial charge on any atom is -0.331 e. The summed E-state index contributed by atoms with van der Waals surface area (Å²) in [7, 11) is 0. The molecule has 2 aliphatic heterocycles. The molecule has 0 saturated carbocycles. The number of hydrogen-bond donors (Lipinski definition) is 0. The van der Waals surface area contributed by atoms with Crippen LogP contribution in [0.5, 0.6) is 0 Å². The minimum atomic E-state index is 0.0262. The molecule has 3 aliphatic rings. The molecule has 74 heavy (non-hydrogen) atoms. The Balaban J connectivity index is 0.937. The van der Waals surface area contributed by atoms with Crippen molar-refractivity contribution in [1.82, 2.24) is 0 Å². The summed E-state index contributed by atoms with van der Waals surface area (Å²) in [5.74, 6) is 0. The van der Waals surface area contributed by atoms with Crippen molar-refractivity contribution in [3.05, 3.63) is 271 Å². The smallest absolute Gasteiger partial charge is 0.0703 e. The molecule has 0 bridgehead atoms. The van der Waals surface area contributed by atoms with Crippen LogP contribution in [-0.2, 0) is 0 Å². The van der Waals surface area contributed by atoms with Crippen molar-refractivity contribution in [2.24, 2.45) is 0 Å². The van der Waals surface area contributed by atoms with Crippen molar-refractivity contribution >= 4 is 107 Å². The topological polar surface area (TPSA) is 13.0 Å². The van der Waals surface area contributed by atoms with E-state index in [9.17, 15) is 0 Å². The molecule has 1 aliphatic carbocycles. The van der Waals surface area contributed by atoms with E-state index in [2.05, 4.69) is 293 Å². The van der Waals surface area contributed by atoms with Crippen LogP contribution in [0.15, 0.2) is 261 Å². The van der Waals surface area contributed by atoms with Crippen LogP contribution in [0.4, 0.5) is 62.6 Å². The van der Waals surface area contributed by atoms with E-state index in [0.29, 0.717) is 0 Å². The SMILES string of the molecule is C1=c2c(-c3ccccc3)c3ccc(N4c5ccccc5N(c5ccc6ccccc6c5)c5ccccc54)cc3c(-c3ccccc3)c2=CCC1N1c2ccccc2N(c2ccc3ccccc3c2)c2ccccc21. The Hall–Kier alpha value is -9.64. The first-order chi connectivity index (χ1) is 36.7. The second-order valence-corrected chi connectivity index (χ2v) is 19.6. The minimum absolute atomic E-state index is 0.0262. The molecule has 0 saturated heterocycles. The third kappa shape index (κ3) is 6.62. The molecule has 12 aromatic rings. The fourth-order valence-corrected chi connectivity index (χ4v) is 12.3. The van der Waals surface area contributed by atoms with E-state index < -0.39 is 0 Å². The summed E-state index contributed by atoms with van der Waals surface area (Å²) < 4.78 is 0. The van der Waals surface area contributed by atoms with E-state index in [-0.39, 0.29) is 6.04 Å². The van der Waals surface area contributed by atoms with Gasteiger partial charge in [0.05, 0.1) is 51.5 Å². The Labute approximate surface area is 430 Å². The highest BCUT2D eigenvalue weighted by atomic mass is 15.3. The van der Waals surface area contributed by atoms with Crippen molar-refractivity contribution in [3.63, 3.8) is 0 Å². The third-order valence-electron chi connectivity index (χ3n) is 15.5. The Morgan fingerprint density at radius 1 is 0.284 bits per heavy atom. The zero-order chi connectivity index (χ0) is 48.7. The highest BCUT2D eigenvalue weighted by molar-refractivity contribution is 6.10. The van der Waals surface area contributed by atoms with Crippen LogP contribution < -0.4 is 30.0 Å². The van der Waals surface area contributed by atoms with Crippen LogP contribution in [-0.4, -0.2) is 6.04 Å². The lowest BCUT2D eigenvalue weighted by Crippen LogP contribution is -2.41. The molecule has 0 amide bonds. The Bertz CT molecular complexity index is 4240. The summed E-state index contributed by atoms with van der Waals surface area (Å²) in [6, 6.07) is 95.8. The molecule has 0 N–H and O–H groups in total. The fraction of sp³-hybridized carbons (Fsp3) is 0.0286. The molecule has 0 spiro atoms. The highest BCUT2D eigenvalue weighted by Gasteiger charge is 2.35. The molecule has 348 valence electrons. The molecule has 4 nitrogen and oxygen atoms in total. The maximum Gasteiger partial charge on any atom is 0.0703 e. The molecule has 1 unspecified atom stereocenters. The van der Waals surface area contributed by atoms with E-state index in [1.54, 1.807) is 0 Å². The highest BCUT2D eigenvalue weighted by Crippen LogP contribution is 2.56. The van der Waals surface area contributed by atoms with Crippen molar-refractivity contribution < 1.29 is 0 Å². The lowest BCUT2D eigenvalue weighted by atomic mass is 9.84. The number of nitrogens with zero attached hydrogens (tertiary/aromatic N) is 4. The standard InChI is InChI=1S/C70H48N4/c1-3-21-49(22-4-1)69-57-41-39-56(74-67-33-17-13-29-63(67)72(64-30-14-18-34-68(64)74)54-38-36-48-20-8-10-26-52(48)44-54)46-60(57)70(50-23-5-2-6-24-50)58-42-40-55(45-59(58)69)73-65-31-15-11-27-61(65)71(62-28-12-16-32-66(62)73)53-37-35-47-19-7-9-25-51(47)43-53/h1-39,41-46,55H,40H2. The molecular weight excluding hydrogens is 897 g/mol. The molecule has 1 atom stereocenters. The van der Waals surface area contributed by atoms with Crippen LogP contribution in [0.1, 0.15) is 6.42 Å². The number of anilines is 11. The average Bonchev–Trinajstić information content (AvgIpc) is 3.49. The van der Waals surface area contributed by atoms with Gasteiger partial charge in [0.25, 0.3) is 0 Å². The van der Waals surface area contributed by atoms with Gasteiger partial charge in [-0.15, -0.1) is 0 Å². The van der Waals surface area contributed by atoms with Gasteiger partial charge in [0.1, 0.15) is 0 Å². The van der Waals surface area contributed by atoms with Gasteiger partial charge in [0, 0.05) is 17.1 Å². The predicted molar refractivity (Wildman–Crippen MR) is 313 cm³/mol. The average molecular weight is 945 g/mol. The lowest BCUT2D eigenvalue weighted by molar-refractivity contribution is 0.831. The fourth-order valence-electron chi connectivity index (χ4n) is 12.3. The number of hydrogen-bond acceptors (Lipinski definition) is 4. The number of benzene rings is 12. The maximum atomic E-state index is 2.60. The van der Waals surface area contributed by atoms with Crippen molar-refractivity contribution in [2.75, 3.05) is 19.6 Å². The Kier molecular flexibility index (Phi) is 9.67. The van der Waals surface area contributed by atoms with Gasteiger partial charge >= 0.3 is 0 Å². The van der Waals surface area contributed by atoms with Gasteiger partial charge < -0.3 is 19.6 Å². The summed E-state index contributed by atoms with van der Waals surface area (Å²) in [6.07, 6.45) is 5.94. The van der Waals surface area contributed by atoms with Gasteiger partial charge in [0.2, 0.25) is 0 Å². The summed E-state index contributed by atoms with van der Waals surface area (Å²) in [5, 5.41) is 9.90. The maximum absolute atomic E-state index is 2.60. The van der Waals surface area contributed by atoms with Crippen LogP contribution >= 0.6 is 0 Å². The summed E-state index contributed by atoms with van der Waals surface area (Å²) in [5.41, 5.74) is 17.6. The zero-order valence-corrected chi connectivity index (χ0v) is 40.6. The van der Waals surface area contributed by atoms with Gasteiger partial charge in [-0.25, -0.2) is 0 Å².